The van der Waals surface area contributed by atoms with Crippen LogP contribution in [0.4, 0.5) is 0 Å². The van der Waals surface area contributed by atoms with Crippen LogP contribution in [0.2, 0.25) is 0 Å². The number of rotatable bonds is 1. The van der Waals surface area contributed by atoms with Crippen LogP contribution in [0, 0.1) is 11.8 Å². The van der Waals surface area contributed by atoms with Crippen molar-refractivity contribution in [1.82, 2.24) is 0 Å². The van der Waals surface area contributed by atoms with E-state index in [2.05, 4.69) is 21.7 Å². The van der Waals surface area contributed by atoms with Crippen LogP contribution in [-0.4, -0.2) is 24.6 Å². The molecule has 1 aliphatic carbocycles. The van der Waals surface area contributed by atoms with Crippen molar-refractivity contribution in [1.29, 1.82) is 0 Å². The van der Waals surface area contributed by atoms with Crippen LogP contribution >= 0.6 is 0 Å². The second-order valence-electron chi connectivity index (χ2n) is 3.98. The van der Waals surface area contributed by atoms with Gasteiger partial charge >= 0.3 is 0 Å². The molecule has 4 unspecified atom stereocenters. The normalized spacial score (nSPS) is 51.2. The average molecular weight is 166 g/mol. The second kappa shape index (κ2) is 2.29. The molecule has 2 nitrogen and oxygen atoms in total. The Morgan fingerprint density at radius 1 is 1.75 bits per heavy atom. The van der Waals surface area contributed by atoms with Gasteiger partial charge in [-0.15, -0.1) is 0 Å². The van der Waals surface area contributed by atoms with Crippen molar-refractivity contribution in [3.8, 4) is 0 Å². The molecule has 12 heavy (non-hydrogen) atoms. The standard InChI is InChI=1S/C9H15BO2/c1-3-9-5(2)6(4-7(9)11)8(10)12-9/h4-6,8,11H,3,10H2,1-2H3. The molecule has 0 aromatic rings. The first kappa shape index (κ1) is 8.18. The fraction of sp³-hybridized carbons (Fsp3) is 0.778. The lowest BCUT2D eigenvalue weighted by Crippen LogP contribution is -2.35. The minimum Gasteiger partial charge on any atom is -0.510 e. The van der Waals surface area contributed by atoms with Gasteiger partial charge in [0.1, 0.15) is 19.2 Å². The monoisotopic (exact) mass is 166 g/mol. The SMILES string of the molecule is BC1OC2(CC)C(O)=CC1C2C. The molecule has 2 rings (SSSR count). The highest BCUT2D eigenvalue weighted by molar-refractivity contribution is 6.11. The molecule has 1 N–H and O–H groups in total. The highest BCUT2D eigenvalue weighted by Gasteiger charge is 2.56. The number of fused-ring (bicyclic) bond motifs is 2. The largest absolute Gasteiger partial charge is 0.510 e. The van der Waals surface area contributed by atoms with Crippen LogP contribution < -0.4 is 0 Å². The lowest BCUT2D eigenvalue weighted by atomic mass is 9.81. The molecule has 66 valence electrons. The zero-order chi connectivity index (χ0) is 8.93. The zero-order valence-electron chi connectivity index (χ0n) is 7.87. The van der Waals surface area contributed by atoms with E-state index in [0.717, 1.165) is 6.42 Å². The Labute approximate surface area is 74.0 Å². The van der Waals surface area contributed by atoms with E-state index < -0.39 is 0 Å². The van der Waals surface area contributed by atoms with Gasteiger partial charge in [0.25, 0.3) is 0 Å². The van der Waals surface area contributed by atoms with Crippen LogP contribution in [0.3, 0.4) is 0 Å². The summed E-state index contributed by atoms with van der Waals surface area (Å²) in [4.78, 5) is 0. The summed E-state index contributed by atoms with van der Waals surface area (Å²) >= 11 is 0. The lowest BCUT2D eigenvalue weighted by Gasteiger charge is -2.29. The Kier molecular flexibility index (Phi) is 1.56. The molecule has 1 aliphatic heterocycles. The molecular weight excluding hydrogens is 151 g/mol. The van der Waals surface area contributed by atoms with E-state index in [0.29, 0.717) is 17.6 Å². The third-order valence-electron chi connectivity index (χ3n) is 3.56. The summed E-state index contributed by atoms with van der Waals surface area (Å²) < 4.78 is 5.80. The van der Waals surface area contributed by atoms with Gasteiger partial charge in [0.15, 0.2) is 0 Å². The van der Waals surface area contributed by atoms with Crippen LogP contribution in [0.5, 0.6) is 0 Å². The molecule has 1 fully saturated rings. The third-order valence-corrected chi connectivity index (χ3v) is 3.56. The molecule has 0 saturated carbocycles. The highest BCUT2D eigenvalue weighted by atomic mass is 16.5. The van der Waals surface area contributed by atoms with Crippen molar-refractivity contribution in [2.45, 2.75) is 31.9 Å². The number of hydrogen-bond acceptors (Lipinski definition) is 2. The number of aliphatic hydroxyl groups is 1. The Balaban J connectivity index is 2.39. The predicted octanol–water partition coefficient (Wildman–Crippen LogP) is 0.832. The first-order chi connectivity index (χ1) is 5.62. The second-order valence-corrected chi connectivity index (χ2v) is 3.98. The molecule has 1 heterocycles. The first-order valence-electron chi connectivity index (χ1n) is 4.71. The summed E-state index contributed by atoms with van der Waals surface area (Å²) in [6.45, 7) is 4.23. The fourth-order valence-corrected chi connectivity index (χ4v) is 2.72. The molecule has 4 atom stereocenters. The lowest BCUT2D eigenvalue weighted by molar-refractivity contribution is -0.0354. The third kappa shape index (κ3) is 0.704. The highest BCUT2D eigenvalue weighted by Crippen LogP contribution is 2.51. The summed E-state index contributed by atoms with van der Waals surface area (Å²) in [5, 5.41) is 9.69. The summed E-state index contributed by atoms with van der Waals surface area (Å²) in [7, 11) is 2.08. The number of aliphatic hydroxyl groups excluding tert-OH is 1. The smallest absolute Gasteiger partial charge is 0.140 e. The average Bonchev–Trinajstić information content (AvgIpc) is 2.41. The van der Waals surface area contributed by atoms with Crippen molar-refractivity contribution in [3.05, 3.63) is 11.8 Å². The van der Waals surface area contributed by atoms with Crippen molar-refractivity contribution >= 4 is 7.85 Å². The maximum atomic E-state index is 9.69. The summed E-state index contributed by atoms with van der Waals surface area (Å²) in [5.41, 5.74) is -0.343. The molecule has 3 heteroatoms. The van der Waals surface area contributed by atoms with Gasteiger partial charge in [-0.05, 0) is 12.5 Å². The van der Waals surface area contributed by atoms with E-state index in [1.165, 1.54) is 0 Å². The molecule has 0 amide bonds. The van der Waals surface area contributed by atoms with E-state index in [-0.39, 0.29) is 11.6 Å². The maximum Gasteiger partial charge on any atom is 0.140 e. The zero-order valence-corrected chi connectivity index (χ0v) is 7.87. The molecule has 0 radical (unpaired) electrons. The molecule has 2 bridgehead atoms. The first-order valence-corrected chi connectivity index (χ1v) is 4.71. The van der Waals surface area contributed by atoms with Crippen LogP contribution in [0.25, 0.3) is 0 Å². The van der Waals surface area contributed by atoms with Crippen LogP contribution in [-0.2, 0) is 4.74 Å². The molecule has 0 spiro atoms. The minimum absolute atomic E-state index is 0.274. The van der Waals surface area contributed by atoms with Crippen molar-refractivity contribution in [2.24, 2.45) is 11.8 Å². The van der Waals surface area contributed by atoms with E-state index in [9.17, 15) is 5.11 Å². The van der Waals surface area contributed by atoms with Gasteiger partial charge in [-0.25, -0.2) is 0 Å². The van der Waals surface area contributed by atoms with E-state index in [1.807, 2.05) is 6.08 Å². The van der Waals surface area contributed by atoms with E-state index in [4.69, 9.17) is 4.74 Å². The summed E-state index contributed by atoms with van der Waals surface area (Å²) in [5.74, 6) is 1.32. The quantitative estimate of drug-likeness (QED) is 0.584. The fourth-order valence-electron chi connectivity index (χ4n) is 2.72. The molecule has 0 aromatic heterocycles. The molecule has 0 aromatic carbocycles. The van der Waals surface area contributed by atoms with Crippen molar-refractivity contribution in [2.75, 3.05) is 0 Å². The van der Waals surface area contributed by atoms with Gasteiger partial charge in [0.05, 0.1) is 0 Å². The van der Waals surface area contributed by atoms with E-state index in [1.54, 1.807) is 0 Å². The van der Waals surface area contributed by atoms with Gasteiger partial charge in [-0.1, -0.05) is 13.8 Å². The van der Waals surface area contributed by atoms with Gasteiger partial charge < -0.3 is 9.84 Å². The summed E-state index contributed by atoms with van der Waals surface area (Å²) in [6.07, 6.45) is 2.85. The molecule has 1 saturated heterocycles. The van der Waals surface area contributed by atoms with Gasteiger partial charge in [-0.2, -0.15) is 0 Å². The topological polar surface area (TPSA) is 29.5 Å². The number of hydrogen-bond donors (Lipinski definition) is 1. The Morgan fingerprint density at radius 3 is 2.75 bits per heavy atom. The molecule has 2 aliphatic rings. The minimum atomic E-state index is -0.343. The van der Waals surface area contributed by atoms with Crippen LogP contribution in [0.1, 0.15) is 20.3 Å². The van der Waals surface area contributed by atoms with Gasteiger partial charge in [-0.3, -0.25) is 0 Å². The number of ether oxygens (including phenoxy) is 1. The maximum absolute atomic E-state index is 9.69. The Morgan fingerprint density at radius 2 is 2.42 bits per heavy atom. The summed E-state index contributed by atoms with van der Waals surface area (Å²) in [6, 6.07) is 0.274. The Bertz CT molecular complexity index is 239. The van der Waals surface area contributed by atoms with Gasteiger partial charge in [0.2, 0.25) is 0 Å². The molecular formula is C9H15BO2. The van der Waals surface area contributed by atoms with Gasteiger partial charge in [0, 0.05) is 17.8 Å². The Hall–Kier alpha value is -0.435. The van der Waals surface area contributed by atoms with Crippen LogP contribution in [0.15, 0.2) is 11.8 Å². The van der Waals surface area contributed by atoms with Crippen molar-refractivity contribution in [3.63, 3.8) is 0 Å². The van der Waals surface area contributed by atoms with Crippen molar-refractivity contribution < 1.29 is 9.84 Å². The predicted molar refractivity (Wildman–Crippen MR) is 49.8 cm³/mol. The van der Waals surface area contributed by atoms with E-state index >= 15 is 0 Å².